The summed E-state index contributed by atoms with van der Waals surface area (Å²) in [5.41, 5.74) is 6.44. The van der Waals surface area contributed by atoms with Gasteiger partial charge in [0.1, 0.15) is 11.4 Å². The van der Waals surface area contributed by atoms with Crippen molar-refractivity contribution in [2.24, 2.45) is 17.6 Å². The van der Waals surface area contributed by atoms with Crippen LogP contribution in [-0.2, 0) is 0 Å². The predicted octanol–water partition coefficient (Wildman–Crippen LogP) is 3.56. The Kier molecular flexibility index (Phi) is 2.94. The van der Waals surface area contributed by atoms with Gasteiger partial charge in [-0.15, -0.1) is 0 Å². The predicted molar refractivity (Wildman–Crippen MR) is 92.9 cm³/mol. The fourth-order valence-electron chi connectivity index (χ4n) is 5.85. The number of nitrogens with two attached hydrogens (primary N) is 1. The molecule has 1 aromatic heterocycles. The van der Waals surface area contributed by atoms with Gasteiger partial charge in [0.25, 0.3) is 0 Å². The molecule has 0 aliphatic heterocycles. The summed E-state index contributed by atoms with van der Waals surface area (Å²) in [5.74, 6) is 2.10. The van der Waals surface area contributed by atoms with E-state index >= 15 is 0 Å². The lowest BCUT2D eigenvalue weighted by Crippen LogP contribution is -2.64. The van der Waals surface area contributed by atoms with E-state index < -0.39 is 0 Å². The van der Waals surface area contributed by atoms with Crippen molar-refractivity contribution in [1.82, 2.24) is 0 Å². The van der Waals surface area contributed by atoms with Crippen molar-refractivity contribution >= 4 is 22.4 Å². The Morgan fingerprint density at radius 2 is 1.92 bits per heavy atom. The smallest absolute Gasteiger partial charge is 0.188 e. The minimum absolute atomic E-state index is 0.0541. The number of rotatable bonds is 2. The summed E-state index contributed by atoms with van der Waals surface area (Å²) in [6, 6.07) is 5.58. The first-order valence-electron chi connectivity index (χ1n) is 8.72. The number of fused-ring (bicyclic) bond motifs is 1. The molecule has 1 aromatic carbocycles. The highest BCUT2D eigenvalue weighted by atomic mass is 35.5. The molecule has 6 rings (SSSR count). The Morgan fingerprint density at radius 1 is 1.17 bits per heavy atom. The fourth-order valence-corrected chi connectivity index (χ4v) is 6.06. The highest BCUT2D eigenvalue weighted by Gasteiger charge is 2.57. The standard InChI is InChI=1S/C19H21ClN2O2/c20-16-4-15-10-22(23)2-1-14(15)5-17(16)24-19-8-12-3-13(9-19)7-18(21,6-12)11-19/h1-2,4-5,10,12-13H,3,6-9,11,21H2. The molecule has 4 nitrogen and oxygen atoms in total. The Labute approximate surface area is 146 Å². The van der Waals surface area contributed by atoms with Crippen LogP contribution in [0.25, 0.3) is 10.8 Å². The zero-order valence-corrected chi connectivity index (χ0v) is 14.3. The summed E-state index contributed by atoms with van der Waals surface area (Å²) in [6.45, 7) is 0. The van der Waals surface area contributed by atoms with Crippen LogP contribution in [0.2, 0.25) is 5.02 Å². The second-order valence-corrected chi connectivity index (χ2v) is 8.73. The molecule has 2 aromatic rings. The van der Waals surface area contributed by atoms with Crippen molar-refractivity contribution in [3.05, 3.63) is 40.8 Å². The third-order valence-corrected chi connectivity index (χ3v) is 6.48. The fraction of sp³-hybridized carbons (Fsp3) is 0.526. The Bertz CT molecular complexity index is 823. The largest absolute Gasteiger partial charge is 0.619 e. The summed E-state index contributed by atoms with van der Waals surface area (Å²) in [4.78, 5) is 0. The third kappa shape index (κ3) is 2.27. The molecule has 5 heteroatoms. The summed E-state index contributed by atoms with van der Waals surface area (Å²) in [5, 5.41) is 13.8. The number of ether oxygens (including phenoxy) is 1. The van der Waals surface area contributed by atoms with Gasteiger partial charge in [0.2, 0.25) is 0 Å². The normalized spacial score (nSPS) is 37.1. The molecule has 2 atom stereocenters. The molecule has 2 N–H and O–H groups in total. The average Bonchev–Trinajstić information content (AvgIpc) is 2.45. The van der Waals surface area contributed by atoms with Gasteiger partial charge in [-0.05, 0) is 61.5 Å². The Balaban J connectivity index is 1.52. The topological polar surface area (TPSA) is 62.2 Å². The van der Waals surface area contributed by atoms with Gasteiger partial charge in [-0.3, -0.25) is 0 Å². The number of hydrogen-bond acceptors (Lipinski definition) is 3. The second kappa shape index (κ2) is 4.77. The molecule has 4 saturated carbocycles. The SMILES string of the molecule is NC12CC3CC(C1)CC(Oc1cc4cc[n+]([O-])cc4cc1Cl)(C3)C2. The molecule has 24 heavy (non-hydrogen) atoms. The highest BCUT2D eigenvalue weighted by molar-refractivity contribution is 6.32. The van der Waals surface area contributed by atoms with Crippen molar-refractivity contribution < 1.29 is 9.47 Å². The number of aromatic nitrogens is 1. The lowest BCUT2D eigenvalue weighted by molar-refractivity contribution is -0.603. The molecular weight excluding hydrogens is 324 g/mol. The van der Waals surface area contributed by atoms with E-state index in [1.54, 1.807) is 6.07 Å². The molecular formula is C19H21ClN2O2. The zero-order valence-electron chi connectivity index (χ0n) is 13.5. The minimum Gasteiger partial charge on any atom is -0.619 e. The number of hydrogen-bond donors (Lipinski definition) is 1. The molecule has 4 fully saturated rings. The van der Waals surface area contributed by atoms with Gasteiger partial charge in [-0.1, -0.05) is 11.6 Å². The zero-order chi connectivity index (χ0) is 16.5. The molecule has 1 heterocycles. The maximum atomic E-state index is 11.4. The van der Waals surface area contributed by atoms with Crippen LogP contribution in [0.3, 0.4) is 0 Å². The summed E-state index contributed by atoms with van der Waals surface area (Å²) in [7, 11) is 0. The maximum absolute atomic E-state index is 11.4. The van der Waals surface area contributed by atoms with Gasteiger partial charge >= 0.3 is 0 Å². The molecule has 0 radical (unpaired) electrons. The molecule has 0 amide bonds. The average molecular weight is 345 g/mol. The number of halogens is 1. The number of benzene rings is 1. The number of pyridine rings is 1. The van der Waals surface area contributed by atoms with Gasteiger partial charge in [-0.25, -0.2) is 0 Å². The first-order chi connectivity index (χ1) is 11.4. The van der Waals surface area contributed by atoms with Crippen molar-refractivity contribution in [3.8, 4) is 5.75 Å². The van der Waals surface area contributed by atoms with E-state index in [4.69, 9.17) is 22.1 Å². The van der Waals surface area contributed by atoms with Gasteiger partial charge in [0.15, 0.2) is 12.4 Å². The van der Waals surface area contributed by atoms with Crippen LogP contribution in [0.15, 0.2) is 30.6 Å². The lowest BCUT2D eigenvalue weighted by atomic mass is 9.51. The Hall–Kier alpha value is -1.52. The Morgan fingerprint density at radius 3 is 2.62 bits per heavy atom. The van der Waals surface area contributed by atoms with Gasteiger partial charge in [-0.2, -0.15) is 4.73 Å². The monoisotopic (exact) mass is 344 g/mol. The van der Waals surface area contributed by atoms with Gasteiger partial charge < -0.3 is 15.7 Å². The second-order valence-electron chi connectivity index (χ2n) is 8.32. The van der Waals surface area contributed by atoms with Crippen LogP contribution in [0.1, 0.15) is 38.5 Å². The first-order valence-corrected chi connectivity index (χ1v) is 9.10. The van der Waals surface area contributed by atoms with Crippen molar-refractivity contribution in [1.29, 1.82) is 0 Å². The molecule has 126 valence electrons. The van der Waals surface area contributed by atoms with E-state index in [0.717, 1.165) is 53.4 Å². The van der Waals surface area contributed by atoms with Gasteiger partial charge in [0.05, 0.1) is 5.02 Å². The molecule has 4 bridgehead atoms. The summed E-state index contributed by atoms with van der Waals surface area (Å²) < 4.78 is 7.34. The number of nitrogens with zero attached hydrogens (tertiary/aromatic N) is 1. The summed E-state index contributed by atoms with van der Waals surface area (Å²) >= 11 is 6.46. The van der Waals surface area contributed by atoms with Crippen LogP contribution in [0.4, 0.5) is 0 Å². The van der Waals surface area contributed by atoms with Crippen molar-refractivity contribution in [3.63, 3.8) is 0 Å². The van der Waals surface area contributed by atoms with Crippen molar-refractivity contribution in [2.75, 3.05) is 0 Å². The van der Waals surface area contributed by atoms with E-state index in [2.05, 4.69) is 0 Å². The third-order valence-electron chi connectivity index (χ3n) is 6.18. The highest BCUT2D eigenvalue weighted by Crippen LogP contribution is 2.58. The van der Waals surface area contributed by atoms with Gasteiger partial charge in [0, 0.05) is 23.4 Å². The maximum Gasteiger partial charge on any atom is 0.188 e. The van der Waals surface area contributed by atoms with E-state index in [9.17, 15) is 5.21 Å². The molecule has 4 aliphatic rings. The van der Waals surface area contributed by atoms with E-state index in [0.29, 0.717) is 16.9 Å². The summed E-state index contributed by atoms with van der Waals surface area (Å²) in [6.07, 6.45) is 9.73. The molecule has 2 unspecified atom stereocenters. The van der Waals surface area contributed by atoms with Crippen LogP contribution in [-0.4, -0.2) is 11.1 Å². The van der Waals surface area contributed by atoms with Crippen LogP contribution in [0.5, 0.6) is 5.75 Å². The van der Waals surface area contributed by atoms with E-state index in [1.165, 1.54) is 18.8 Å². The quantitative estimate of drug-likeness (QED) is 0.669. The molecule has 0 saturated heterocycles. The van der Waals surface area contributed by atoms with Crippen molar-refractivity contribution in [2.45, 2.75) is 49.7 Å². The molecule has 4 aliphatic carbocycles. The molecule has 0 spiro atoms. The van der Waals surface area contributed by atoms with Crippen LogP contribution < -0.4 is 15.2 Å². The van der Waals surface area contributed by atoms with E-state index in [-0.39, 0.29) is 11.1 Å². The lowest BCUT2D eigenvalue weighted by Gasteiger charge is -2.60. The van der Waals surface area contributed by atoms with Crippen LogP contribution in [0, 0.1) is 17.0 Å². The first kappa shape index (κ1) is 14.8. The minimum atomic E-state index is -0.163. The van der Waals surface area contributed by atoms with Crippen LogP contribution >= 0.6 is 11.6 Å². The van der Waals surface area contributed by atoms with E-state index in [1.807, 2.05) is 12.1 Å².